The third-order valence-corrected chi connectivity index (χ3v) is 7.41. The van der Waals surface area contributed by atoms with Crippen LogP contribution in [0.3, 0.4) is 0 Å². The lowest BCUT2D eigenvalue weighted by Gasteiger charge is -2.36. The molecule has 5 N–H and O–H groups in total. The van der Waals surface area contributed by atoms with Crippen LogP contribution in [-0.2, 0) is 14.4 Å². The average molecular weight is 516 g/mol. The molecule has 0 saturated carbocycles. The van der Waals surface area contributed by atoms with E-state index in [9.17, 15) is 34.8 Å². The van der Waals surface area contributed by atoms with Gasteiger partial charge in [-0.05, 0) is 67.9 Å². The topological polar surface area (TPSA) is 156 Å². The van der Waals surface area contributed by atoms with E-state index in [-0.39, 0.29) is 43.6 Å². The van der Waals surface area contributed by atoms with Crippen LogP contribution in [-0.4, -0.2) is 74.1 Å². The monoisotopic (exact) mass is 515 g/mol. The largest absolute Gasteiger partial charge is 0.508 e. The van der Waals surface area contributed by atoms with E-state index >= 15 is 0 Å². The predicted molar refractivity (Wildman–Crippen MR) is 136 cm³/mol. The number of phenolic OH excluding ortho intramolecular Hbond substituents is 1. The van der Waals surface area contributed by atoms with Gasteiger partial charge in [-0.3, -0.25) is 19.3 Å². The van der Waals surface area contributed by atoms with Crippen molar-refractivity contribution in [1.29, 1.82) is 0 Å². The maximum atomic E-state index is 13.3. The molecule has 202 valence electrons. The predicted octanol–water partition coefficient (Wildman–Crippen LogP) is 2.48. The van der Waals surface area contributed by atoms with Gasteiger partial charge in [0.1, 0.15) is 5.75 Å². The van der Waals surface area contributed by atoms with Crippen LogP contribution in [0.1, 0.15) is 57.4 Å². The Kier molecular flexibility index (Phi) is 10.0. The van der Waals surface area contributed by atoms with Crippen LogP contribution in [0.4, 0.5) is 0 Å². The molecule has 1 aliphatic carbocycles. The molecular weight excluding hydrogens is 478 g/mol. The number of amides is 2. The summed E-state index contributed by atoms with van der Waals surface area (Å²) in [4.78, 5) is 38.2. The number of aliphatic hydroxyl groups is 3. The summed E-state index contributed by atoms with van der Waals surface area (Å²) < 4.78 is 0. The molecule has 9 heteroatoms. The number of allylic oxidation sites excluding steroid dienone is 1. The Balaban J connectivity index is 1.70. The van der Waals surface area contributed by atoms with Crippen molar-refractivity contribution < 1.29 is 39.9 Å². The number of aromatic hydroxyl groups is 1. The Bertz CT molecular complexity index is 1040. The van der Waals surface area contributed by atoms with Gasteiger partial charge in [-0.1, -0.05) is 30.2 Å². The molecule has 0 unspecified atom stereocenters. The number of fused-ring (bicyclic) bond motifs is 1. The highest BCUT2D eigenvalue weighted by Crippen LogP contribution is 2.46. The molecule has 1 heterocycles. The molecule has 1 saturated heterocycles. The van der Waals surface area contributed by atoms with Gasteiger partial charge in [0, 0.05) is 18.9 Å². The summed E-state index contributed by atoms with van der Waals surface area (Å²) >= 11 is 0. The van der Waals surface area contributed by atoms with E-state index < -0.39 is 36.4 Å². The van der Waals surface area contributed by atoms with E-state index in [1.165, 1.54) is 4.90 Å². The third-order valence-electron chi connectivity index (χ3n) is 7.41. The Morgan fingerprint density at radius 1 is 1.08 bits per heavy atom. The van der Waals surface area contributed by atoms with E-state index in [0.717, 1.165) is 11.1 Å². The van der Waals surface area contributed by atoms with Crippen molar-refractivity contribution in [2.75, 3.05) is 19.8 Å². The highest BCUT2D eigenvalue weighted by molar-refractivity contribution is 6.05. The number of hydrogen-bond acceptors (Lipinski definition) is 7. The van der Waals surface area contributed by atoms with Crippen LogP contribution >= 0.6 is 0 Å². The molecule has 9 nitrogen and oxygen atoms in total. The van der Waals surface area contributed by atoms with Crippen LogP contribution < -0.4 is 0 Å². The number of carbonyl (C=O) groups is 3. The summed E-state index contributed by atoms with van der Waals surface area (Å²) in [7, 11) is 0. The molecule has 1 aliphatic heterocycles. The zero-order valence-electron chi connectivity index (χ0n) is 21.2. The van der Waals surface area contributed by atoms with E-state index in [0.29, 0.717) is 43.3 Å². The van der Waals surface area contributed by atoms with Gasteiger partial charge in [-0.2, -0.15) is 0 Å². The molecular formula is C28H37NO8. The van der Waals surface area contributed by atoms with Gasteiger partial charge in [0.15, 0.2) is 0 Å². The second kappa shape index (κ2) is 13.0. The van der Waals surface area contributed by atoms with Gasteiger partial charge < -0.3 is 25.5 Å². The van der Waals surface area contributed by atoms with Gasteiger partial charge in [0.2, 0.25) is 11.8 Å². The number of nitrogens with zero attached hydrogens (tertiary/aromatic N) is 1. The number of aliphatic carboxylic acids is 1. The Morgan fingerprint density at radius 2 is 1.78 bits per heavy atom. The normalized spacial score (nSPS) is 23.0. The van der Waals surface area contributed by atoms with Crippen molar-refractivity contribution in [2.45, 2.75) is 58.0 Å². The smallest absolute Gasteiger partial charge is 0.303 e. The van der Waals surface area contributed by atoms with Crippen LogP contribution in [0.25, 0.3) is 6.08 Å². The minimum Gasteiger partial charge on any atom is -0.508 e. The molecule has 0 aromatic heterocycles. The van der Waals surface area contributed by atoms with Crippen LogP contribution in [0, 0.1) is 17.8 Å². The second-order valence-corrected chi connectivity index (χ2v) is 10.0. The first-order chi connectivity index (χ1) is 17.7. The van der Waals surface area contributed by atoms with Gasteiger partial charge in [0.25, 0.3) is 0 Å². The Labute approximate surface area is 216 Å². The fourth-order valence-corrected chi connectivity index (χ4v) is 5.56. The Hall–Kier alpha value is -3.01. The van der Waals surface area contributed by atoms with Crippen LogP contribution in [0.2, 0.25) is 0 Å². The number of imide groups is 1. The van der Waals surface area contributed by atoms with Crippen LogP contribution in [0.15, 0.2) is 41.0 Å². The highest BCUT2D eigenvalue weighted by atomic mass is 16.4. The van der Waals surface area contributed by atoms with Crippen molar-refractivity contribution in [3.63, 3.8) is 0 Å². The minimum absolute atomic E-state index is 0.0361. The van der Waals surface area contributed by atoms with Crippen molar-refractivity contribution >= 4 is 23.9 Å². The number of hydrogen-bond donors (Lipinski definition) is 5. The Morgan fingerprint density at radius 3 is 2.41 bits per heavy atom. The van der Waals surface area contributed by atoms with Gasteiger partial charge in [0.05, 0.1) is 31.2 Å². The molecule has 0 bridgehead atoms. The summed E-state index contributed by atoms with van der Waals surface area (Å²) in [6, 6.07) is 6.75. The summed E-state index contributed by atoms with van der Waals surface area (Å²) in [6.07, 6.45) is 3.54. The number of rotatable bonds is 13. The summed E-state index contributed by atoms with van der Waals surface area (Å²) in [5.41, 5.74) is 2.85. The summed E-state index contributed by atoms with van der Waals surface area (Å²) in [5.74, 6) is -3.65. The molecule has 0 radical (unpaired) electrons. The quantitative estimate of drug-likeness (QED) is 0.152. The van der Waals surface area contributed by atoms with Crippen molar-refractivity contribution in [1.82, 2.24) is 4.90 Å². The van der Waals surface area contributed by atoms with E-state index in [4.69, 9.17) is 5.11 Å². The number of carbonyl (C=O) groups excluding carboxylic acids is 2. The lowest BCUT2D eigenvalue weighted by atomic mass is 9.68. The van der Waals surface area contributed by atoms with E-state index in [2.05, 4.69) is 0 Å². The summed E-state index contributed by atoms with van der Waals surface area (Å²) in [5, 5.41) is 49.6. The van der Waals surface area contributed by atoms with Crippen LogP contribution in [0.5, 0.6) is 5.75 Å². The SMILES string of the molecule is C/C(=C\c1ccc(O)cc1)CC[C@@H](O)C1=C(CO)C[C@H]2C(=O)N(CCCCCC(=O)O)C(=O)[C@H]2[C@H]1CO. The van der Waals surface area contributed by atoms with Gasteiger partial charge in [-0.25, -0.2) is 0 Å². The van der Waals surface area contributed by atoms with E-state index in [1.807, 2.05) is 13.0 Å². The second-order valence-electron chi connectivity index (χ2n) is 10.0. The zero-order valence-corrected chi connectivity index (χ0v) is 21.2. The third kappa shape index (κ3) is 6.85. The molecule has 1 aromatic carbocycles. The zero-order chi connectivity index (χ0) is 27.1. The highest BCUT2D eigenvalue weighted by Gasteiger charge is 2.54. The maximum Gasteiger partial charge on any atom is 0.303 e. The van der Waals surface area contributed by atoms with Crippen molar-refractivity contribution in [3.05, 3.63) is 46.5 Å². The van der Waals surface area contributed by atoms with Gasteiger partial charge in [-0.15, -0.1) is 0 Å². The number of unbranched alkanes of at least 4 members (excludes halogenated alkanes) is 2. The molecule has 3 rings (SSSR count). The first kappa shape index (κ1) is 28.6. The molecule has 2 aliphatic rings. The number of benzene rings is 1. The molecule has 0 spiro atoms. The molecule has 37 heavy (non-hydrogen) atoms. The number of carboxylic acid groups (broad SMARTS) is 1. The van der Waals surface area contributed by atoms with E-state index in [1.54, 1.807) is 24.3 Å². The molecule has 4 atom stereocenters. The van der Waals surface area contributed by atoms with Crippen molar-refractivity contribution in [2.24, 2.45) is 17.8 Å². The first-order valence-electron chi connectivity index (χ1n) is 12.8. The first-order valence-corrected chi connectivity index (χ1v) is 12.8. The fraction of sp³-hybridized carbons (Fsp3) is 0.536. The number of carboxylic acids is 1. The minimum atomic E-state index is -0.989. The average Bonchev–Trinajstić information content (AvgIpc) is 3.11. The number of phenols is 1. The molecule has 2 amide bonds. The molecule has 1 aromatic rings. The standard InChI is InChI=1S/C28H37NO8/c1-17(13-18-7-9-20(32)10-8-18)6-11-23(33)25-19(15-30)14-21-26(22(25)16-31)28(37)29(27(21)36)12-4-2-3-5-24(34)35/h7-10,13,21-23,26,30-33H,2-6,11-12,14-16H2,1H3,(H,34,35)/b17-13+/t21-,22+,23-,26-/m1/s1. The fourth-order valence-electron chi connectivity index (χ4n) is 5.56. The number of likely N-dealkylation sites (tertiary alicyclic amines) is 1. The lowest BCUT2D eigenvalue weighted by Crippen LogP contribution is -2.39. The molecule has 1 fully saturated rings. The lowest BCUT2D eigenvalue weighted by molar-refractivity contribution is -0.141. The van der Waals surface area contributed by atoms with Crippen molar-refractivity contribution in [3.8, 4) is 5.75 Å². The van der Waals surface area contributed by atoms with Gasteiger partial charge >= 0.3 is 5.97 Å². The number of aliphatic hydroxyl groups excluding tert-OH is 3. The maximum absolute atomic E-state index is 13.3. The summed E-state index contributed by atoms with van der Waals surface area (Å²) in [6.45, 7) is 1.32.